The zero-order valence-corrected chi connectivity index (χ0v) is 10.5. The number of hydrogen-bond donors (Lipinski definition) is 1. The number of hydrogen-bond acceptors (Lipinski definition) is 4. The minimum atomic E-state index is -0.789. The molecule has 0 atom stereocenters. The monoisotopic (exact) mass is 301 g/mol. The van der Waals surface area contributed by atoms with Gasteiger partial charge in [-0.2, -0.15) is 4.99 Å². The molecule has 0 radical (unpaired) electrons. The maximum Gasteiger partial charge on any atom is 0.235 e. The van der Waals surface area contributed by atoms with Crippen LogP contribution in [0.15, 0.2) is 15.5 Å². The van der Waals surface area contributed by atoms with Crippen LogP contribution in [-0.4, -0.2) is 18.3 Å². The van der Waals surface area contributed by atoms with Crippen molar-refractivity contribution in [3.05, 3.63) is 21.9 Å². The SMILES string of the molecule is COc1c(O)c(F)cc(Br)c1C1(N=C=O)CC1. The van der Waals surface area contributed by atoms with E-state index < -0.39 is 17.1 Å². The number of benzene rings is 1. The summed E-state index contributed by atoms with van der Waals surface area (Å²) in [7, 11) is 1.32. The van der Waals surface area contributed by atoms with E-state index in [1.54, 1.807) is 0 Å². The Labute approximate surface area is 105 Å². The fourth-order valence-electron chi connectivity index (χ4n) is 1.84. The lowest BCUT2D eigenvalue weighted by Crippen LogP contribution is -2.07. The van der Waals surface area contributed by atoms with Crippen molar-refractivity contribution in [1.29, 1.82) is 0 Å². The number of nitrogens with zero attached hydrogens (tertiary/aromatic N) is 1. The smallest absolute Gasteiger partial charge is 0.235 e. The van der Waals surface area contributed by atoms with E-state index in [0.717, 1.165) is 6.07 Å². The summed E-state index contributed by atoms with van der Waals surface area (Å²) < 4.78 is 18.8. The second-order valence-electron chi connectivity index (χ2n) is 3.83. The number of carbonyl (C=O) groups excluding carboxylic acids is 1. The van der Waals surface area contributed by atoms with Crippen molar-refractivity contribution in [2.24, 2.45) is 4.99 Å². The molecule has 4 nitrogen and oxygen atoms in total. The highest BCUT2D eigenvalue weighted by molar-refractivity contribution is 9.10. The molecule has 6 heteroatoms. The molecule has 2 rings (SSSR count). The summed E-state index contributed by atoms with van der Waals surface area (Å²) in [5.74, 6) is -1.35. The van der Waals surface area contributed by atoms with Gasteiger partial charge in [0, 0.05) is 10.0 Å². The van der Waals surface area contributed by atoms with Gasteiger partial charge in [-0.1, -0.05) is 15.9 Å². The largest absolute Gasteiger partial charge is 0.502 e. The number of methoxy groups -OCH3 is 1. The lowest BCUT2D eigenvalue weighted by Gasteiger charge is -2.17. The van der Waals surface area contributed by atoms with Crippen molar-refractivity contribution >= 4 is 22.0 Å². The zero-order valence-electron chi connectivity index (χ0n) is 8.96. The molecule has 0 saturated heterocycles. The Balaban J connectivity index is 2.69. The molecule has 0 heterocycles. The minimum absolute atomic E-state index is 0.00775. The first kappa shape index (κ1) is 12.1. The lowest BCUT2D eigenvalue weighted by molar-refractivity contribution is 0.349. The number of ether oxygens (including phenoxy) is 1. The Morgan fingerprint density at radius 3 is 2.76 bits per heavy atom. The van der Waals surface area contributed by atoms with Crippen molar-refractivity contribution in [2.45, 2.75) is 18.4 Å². The highest BCUT2D eigenvalue weighted by atomic mass is 79.9. The van der Waals surface area contributed by atoms with Crippen LogP contribution in [0.4, 0.5) is 4.39 Å². The molecular formula is C11H9BrFNO3. The molecule has 0 unspecified atom stereocenters. The third-order valence-corrected chi connectivity index (χ3v) is 3.44. The van der Waals surface area contributed by atoms with Gasteiger partial charge in [-0.15, -0.1) is 0 Å². The molecule has 1 aliphatic carbocycles. The predicted molar refractivity (Wildman–Crippen MR) is 61.4 cm³/mol. The van der Waals surface area contributed by atoms with Crippen LogP contribution in [0.2, 0.25) is 0 Å². The first-order valence-corrected chi connectivity index (χ1v) is 5.69. The van der Waals surface area contributed by atoms with Gasteiger partial charge in [0.25, 0.3) is 0 Å². The Kier molecular flexibility index (Phi) is 2.93. The third kappa shape index (κ3) is 1.83. The molecule has 1 aromatic rings. The van der Waals surface area contributed by atoms with E-state index in [1.165, 1.54) is 13.2 Å². The van der Waals surface area contributed by atoms with Crippen molar-refractivity contribution < 1.29 is 19.0 Å². The average molecular weight is 302 g/mol. The highest BCUT2D eigenvalue weighted by Crippen LogP contribution is 2.56. The van der Waals surface area contributed by atoms with Crippen molar-refractivity contribution in [2.75, 3.05) is 7.11 Å². The van der Waals surface area contributed by atoms with E-state index >= 15 is 0 Å². The van der Waals surface area contributed by atoms with E-state index in [2.05, 4.69) is 20.9 Å². The van der Waals surface area contributed by atoms with Crippen molar-refractivity contribution in [3.63, 3.8) is 0 Å². The molecule has 1 aliphatic rings. The van der Waals surface area contributed by atoms with Gasteiger partial charge in [0.2, 0.25) is 6.08 Å². The van der Waals surface area contributed by atoms with Gasteiger partial charge >= 0.3 is 0 Å². The van der Waals surface area contributed by atoms with Crippen LogP contribution in [0.1, 0.15) is 18.4 Å². The second kappa shape index (κ2) is 4.13. The average Bonchev–Trinajstić information content (AvgIpc) is 3.04. The van der Waals surface area contributed by atoms with Gasteiger partial charge in [-0.05, 0) is 18.9 Å². The van der Waals surface area contributed by atoms with Crippen LogP contribution in [-0.2, 0) is 10.3 Å². The fourth-order valence-corrected chi connectivity index (χ4v) is 2.59. The van der Waals surface area contributed by atoms with Crippen LogP contribution < -0.4 is 4.74 Å². The van der Waals surface area contributed by atoms with E-state index in [4.69, 9.17) is 4.74 Å². The Morgan fingerprint density at radius 1 is 1.65 bits per heavy atom. The zero-order chi connectivity index (χ0) is 12.6. The van der Waals surface area contributed by atoms with Crippen LogP contribution in [0.25, 0.3) is 0 Å². The van der Waals surface area contributed by atoms with Crippen LogP contribution in [0.5, 0.6) is 11.5 Å². The molecule has 0 spiro atoms. The van der Waals surface area contributed by atoms with Gasteiger partial charge in [0.1, 0.15) is 5.54 Å². The number of rotatable bonds is 3. The number of isocyanates is 1. The van der Waals surface area contributed by atoms with Crippen LogP contribution in [0, 0.1) is 5.82 Å². The lowest BCUT2D eigenvalue weighted by atomic mass is 10.0. The minimum Gasteiger partial charge on any atom is -0.502 e. The Morgan fingerprint density at radius 2 is 2.29 bits per heavy atom. The van der Waals surface area contributed by atoms with E-state index in [-0.39, 0.29) is 5.75 Å². The van der Waals surface area contributed by atoms with Crippen LogP contribution >= 0.6 is 15.9 Å². The summed E-state index contributed by atoms with van der Waals surface area (Å²) in [6, 6.07) is 1.13. The molecular weight excluding hydrogens is 293 g/mol. The van der Waals surface area contributed by atoms with Gasteiger partial charge in [-0.25, -0.2) is 9.18 Å². The molecule has 1 saturated carbocycles. The molecule has 0 aliphatic heterocycles. The van der Waals surface area contributed by atoms with Crippen molar-refractivity contribution in [1.82, 2.24) is 0 Å². The quantitative estimate of drug-likeness (QED) is 0.690. The maximum absolute atomic E-state index is 13.3. The fraction of sp³-hybridized carbons (Fsp3) is 0.364. The number of aromatic hydroxyl groups is 1. The molecule has 90 valence electrons. The number of aliphatic imine (C=N–C) groups is 1. The Hall–Kier alpha value is -1.39. The second-order valence-corrected chi connectivity index (χ2v) is 4.69. The summed E-state index contributed by atoms with van der Waals surface area (Å²) in [5.41, 5.74) is -0.251. The van der Waals surface area contributed by atoms with Gasteiger partial charge in [0.15, 0.2) is 17.3 Å². The summed E-state index contributed by atoms with van der Waals surface area (Å²) in [4.78, 5) is 14.1. The number of phenols is 1. The topological polar surface area (TPSA) is 58.9 Å². The summed E-state index contributed by atoms with van der Waals surface area (Å²) in [5, 5.41) is 9.60. The Bertz CT molecular complexity index is 522. The molecule has 0 bridgehead atoms. The van der Waals surface area contributed by atoms with E-state index in [9.17, 15) is 14.3 Å². The van der Waals surface area contributed by atoms with Crippen LogP contribution in [0.3, 0.4) is 0 Å². The van der Waals surface area contributed by atoms with E-state index in [0.29, 0.717) is 22.9 Å². The molecule has 1 N–H and O–H groups in total. The normalized spacial score (nSPS) is 16.2. The standard InChI is InChI=1S/C11H9BrFNO3/c1-17-10-8(11(2-3-11)14-5-15)6(12)4-7(13)9(10)16/h4,16H,2-3H2,1H3. The number of halogens is 2. The molecule has 0 amide bonds. The van der Waals surface area contributed by atoms with Gasteiger partial charge < -0.3 is 9.84 Å². The van der Waals surface area contributed by atoms with Gasteiger partial charge in [-0.3, -0.25) is 0 Å². The molecule has 0 aromatic heterocycles. The van der Waals surface area contributed by atoms with E-state index in [1.807, 2.05) is 0 Å². The molecule has 1 fully saturated rings. The third-order valence-electron chi connectivity index (χ3n) is 2.81. The molecule has 17 heavy (non-hydrogen) atoms. The van der Waals surface area contributed by atoms with Gasteiger partial charge in [0.05, 0.1) is 7.11 Å². The first-order chi connectivity index (χ1) is 8.05. The molecule has 1 aromatic carbocycles. The summed E-state index contributed by atoms with van der Waals surface area (Å²) in [6.07, 6.45) is 2.79. The summed E-state index contributed by atoms with van der Waals surface area (Å²) in [6.45, 7) is 0. The first-order valence-electron chi connectivity index (χ1n) is 4.90. The number of phenolic OH excluding ortho intramolecular Hbond substituents is 1. The predicted octanol–water partition coefficient (Wildman–Crippen LogP) is 2.63. The highest BCUT2D eigenvalue weighted by Gasteiger charge is 2.49. The van der Waals surface area contributed by atoms with Crippen molar-refractivity contribution in [3.8, 4) is 11.5 Å². The maximum atomic E-state index is 13.3. The summed E-state index contributed by atoms with van der Waals surface area (Å²) >= 11 is 3.20.